The third-order valence-corrected chi connectivity index (χ3v) is 7.58. The van der Waals surface area contributed by atoms with Gasteiger partial charge in [-0.1, -0.05) is 26.7 Å². The van der Waals surface area contributed by atoms with Gasteiger partial charge in [0, 0.05) is 37.8 Å². The molecule has 1 fully saturated rings. The van der Waals surface area contributed by atoms with E-state index >= 15 is 0 Å². The molecule has 30 heavy (non-hydrogen) atoms. The number of carbonyl (C=O) groups excluding carboxylic acids is 1. The van der Waals surface area contributed by atoms with Crippen LogP contribution in [-0.4, -0.2) is 70.9 Å². The molecular formula is C22H35N3O4S. The highest BCUT2D eigenvalue weighted by molar-refractivity contribution is 7.92. The van der Waals surface area contributed by atoms with Crippen LogP contribution >= 0.6 is 0 Å². The van der Waals surface area contributed by atoms with Gasteiger partial charge in [-0.05, 0) is 42.5 Å². The van der Waals surface area contributed by atoms with E-state index in [0.717, 1.165) is 57.6 Å². The molecule has 3 rings (SSSR count). The Hall–Kier alpha value is -1.64. The van der Waals surface area contributed by atoms with E-state index in [9.17, 15) is 13.2 Å². The fraction of sp³-hybridized carbons (Fsp3) is 0.682. The average Bonchev–Trinajstić information content (AvgIpc) is 2.75. The maximum Gasteiger partial charge on any atom is 0.251 e. The molecule has 1 saturated heterocycles. The molecule has 0 aromatic heterocycles. The van der Waals surface area contributed by atoms with Crippen molar-refractivity contribution in [2.24, 2.45) is 5.92 Å². The summed E-state index contributed by atoms with van der Waals surface area (Å²) in [6.45, 7) is 8.81. The molecule has 1 atom stereocenters. The molecule has 2 aliphatic heterocycles. The molecule has 2 heterocycles. The number of sulfonamides is 1. The van der Waals surface area contributed by atoms with Crippen LogP contribution in [0.4, 0.5) is 5.69 Å². The van der Waals surface area contributed by atoms with E-state index in [2.05, 4.69) is 24.1 Å². The molecule has 1 aromatic rings. The average molecular weight is 438 g/mol. The van der Waals surface area contributed by atoms with Gasteiger partial charge in [-0.15, -0.1) is 0 Å². The van der Waals surface area contributed by atoms with Gasteiger partial charge in [0.25, 0.3) is 5.91 Å². The third-order valence-electron chi connectivity index (χ3n) is 6.40. The molecule has 1 aromatic carbocycles. The summed E-state index contributed by atoms with van der Waals surface area (Å²) in [6.07, 6.45) is 4.93. The van der Waals surface area contributed by atoms with E-state index in [1.165, 1.54) is 10.6 Å². The summed E-state index contributed by atoms with van der Waals surface area (Å²) in [5.74, 6) is 0.425. The summed E-state index contributed by atoms with van der Waals surface area (Å²) in [6, 6.07) is 5.65. The number of nitrogens with zero attached hydrogens (tertiary/aromatic N) is 2. The fourth-order valence-electron chi connectivity index (χ4n) is 4.68. The zero-order valence-corrected chi connectivity index (χ0v) is 19.2. The lowest BCUT2D eigenvalue weighted by molar-refractivity contribution is 0.00191. The Kier molecular flexibility index (Phi) is 7.76. The van der Waals surface area contributed by atoms with Crippen LogP contribution in [0, 0.1) is 5.92 Å². The van der Waals surface area contributed by atoms with Crippen LogP contribution in [0.1, 0.15) is 49.0 Å². The summed E-state index contributed by atoms with van der Waals surface area (Å²) in [7, 11) is -3.30. The second-order valence-electron chi connectivity index (χ2n) is 8.28. The van der Waals surface area contributed by atoms with Gasteiger partial charge in [0.15, 0.2) is 0 Å². The molecule has 0 radical (unpaired) electrons. The Labute approximate surface area is 180 Å². The summed E-state index contributed by atoms with van der Waals surface area (Å²) < 4.78 is 31.0. The van der Waals surface area contributed by atoms with Gasteiger partial charge in [0.1, 0.15) is 0 Å². The van der Waals surface area contributed by atoms with Crippen molar-refractivity contribution in [1.29, 1.82) is 0 Å². The number of amides is 1. The molecule has 1 unspecified atom stereocenters. The molecule has 2 aliphatic rings. The summed E-state index contributed by atoms with van der Waals surface area (Å²) in [4.78, 5) is 15.4. The first kappa shape index (κ1) is 23.0. The lowest BCUT2D eigenvalue weighted by Gasteiger charge is -2.38. The van der Waals surface area contributed by atoms with Gasteiger partial charge >= 0.3 is 0 Å². The van der Waals surface area contributed by atoms with Crippen LogP contribution in [0.3, 0.4) is 0 Å². The number of anilines is 1. The van der Waals surface area contributed by atoms with Crippen molar-refractivity contribution in [3.05, 3.63) is 29.3 Å². The van der Waals surface area contributed by atoms with Gasteiger partial charge in [-0.25, -0.2) is 8.42 Å². The maximum atomic E-state index is 12.9. The number of hydrogen-bond acceptors (Lipinski definition) is 5. The van der Waals surface area contributed by atoms with Crippen LogP contribution in [0.25, 0.3) is 0 Å². The number of benzene rings is 1. The first-order valence-corrected chi connectivity index (χ1v) is 12.9. The molecule has 0 spiro atoms. The molecule has 0 bridgehead atoms. The van der Waals surface area contributed by atoms with Crippen LogP contribution in [0.2, 0.25) is 0 Å². The predicted molar refractivity (Wildman–Crippen MR) is 120 cm³/mol. The quantitative estimate of drug-likeness (QED) is 0.675. The van der Waals surface area contributed by atoms with E-state index in [1.807, 2.05) is 6.07 Å². The second kappa shape index (κ2) is 10.1. The van der Waals surface area contributed by atoms with E-state index in [4.69, 9.17) is 4.74 Å². The number of nitrogens with one attached hydrogen (secondary N) is 1. The summed E-state index contributed by atoms with van der Waals surface area (Å²) in [5, 5.41) is 3.14. The number of fused-ring (bicyclic) bond motifs is 1. The molecule has 168 valence electrons. The first-order valence-electron chi connectivity index (χ1n) is 11.1. The maximum absolute atomic E-state index is 12.9. The monoisotopic (exact) mass is 437 g/mol. The molecule has 1 N–H and O–H groups in total. The Bertz CT molecular complexity index is 833. The van der Waals surface area contributed by atoms with E-state index < -0.39 is 10.0 Å². The fourth-order valence-corrected chi connectivity index (χ4v) is 5.68. The van der Waals surface area contributed by atoms with Crippen molar-refractivity contribution in [2.45, 2.75) is 45.6 Å². The van der Waals surface area contributed by atoms with Crippen molar-refractivity contribution in [2.75, 3.05) is 50.0 Å². The van der Waals surface area contributed by atoms with Gasteiger partial charge in [0.05, 0.1) is 25.2 Å². The highest BCUT2D eigenvalue weighted by Gasteiger charge is 2.28. The van der Waals surface area contributed by atoms with E-state index in [1.54, 1.807) is 12.1 Å². The molecule has 7 nitrogen and oxygen atoms in total. The smallest absolute Gasteiger partial charge is 0.251 e. The van der Waals surface area contributed by atoms with Crippen molar-refractivity contribution < 1.29 is 17.9 Å². The van der Waals surface area contributed by atoms with E-state index in [0.29, 0.717) is 36.3 Å². The van der Waals surface area contributed by atoms with Gasteiger partial charge in [-0.2, -0.15) is 0 Å². The Morgan fingerprint density at radius 3 is 2.50 bits per heavy atom. The third kappa shape index (κ3) is 5.34. The number of morpholine rings is 1. The standard InChI is InChI=1S/C22H35N3O4S/c1-4-17(5-2)21(24-11-13-29-14-12-24)16-23-22(26)19-8-9-20-18(15-19)7-6-10-25(20)30(3,27)28/h8-9,15,17,21H,4-7,10-14,16H2,1-3H3,(H,23,26). The number of carbonyl (C=O) groups is 1. The highest BCUT2D eigenvalue weighted by Crippen LogP contribution is 2.30. The zero-order chi connectivity index (χ0) is 21.7. The van der Waals surface area contributed by atoms with E-state index in [-0.39, 0.29) is 5.91 Å². The molecule has 1 amide bonds. The minimum Gasteiger partial charge on any atom is -0.379 e. The predicted octanol–water partition coefficient (Wildman–Crippen LogP) is 2.27. The molecular weight excluding hydrogens is 402 g/mol. The SMILES string of the molecule is CCC(CC)C(CNC(=O)c1ccc2c(c1)CCCN2S(C)(=O)=O)N1CCOCC1. The second-order valence-corrected chi connectivity index (χ2v) is 10.2. The minimum absolute atomic E-state index is 0.0986. The minimum atomic E-state index is -3.30. The van der Waals surface area contributed by atoms with Crippen LogP contribution < -0.4 is 9.62 Å². The van der Waals surface area contributed by atoms with Crippen molar-refractivity contribution in [1.82, 2.24) is 10.2 Å². The van der Waals surface area contributed by atoms with Gasteiger partial charge < -0.3 is 10.1 Å². The lowest BCUT2D eigenvalue weighted by Crippen LogP contribution is -2.52. The van der Waals surface area contributed by atoms with Crippen LogP contribution in [0.15, 0.2) is 18.2 Å². The topological polar surface area (TPSA) is 79.0 Å². The van der Waals surface area contributed by atoms with Crippen molar-refractivity contribution in [3.8, 4) is 0 Å². The largest absolute Gasteiger partial charge is 0.379 e. The molecule has 8 heteroatoms. The Morgan fingerprint density at radius 2 is 1.87 bits per heavy atom. The number of aryl methyl sites for hydroxylation is 1. The number of rotatable bonds is 8. The summed E-state index contributed by atoms with van der Waals surface area (Å²) >= 11 is 0. The first-order chi connectivity index (χ1) is 14.3. The van der Waals surface area contributed by atoms with Crippen molar-refractivity contribution >= 4 is 21.6 Å². The van der Waals surface area contributed by atoms with Gasteiger partial charge in [-0.3, -0.25) is 14.0 Å². The van der Waals surface area contributed by atoms with Crippen LogP contribution in [0.5, 0.6) is 0 Å². The lowest BCUT2D eigenvalue weighted by atomic mass is 9.92. The summed E-state index contributed by atoms with van der Waals surface area (Å²) in [5.41, 5.74) is 2.21. The zero-order valence-electron chi connectivity index (χ0n) is 18.4. The number of ether oxygens (including phenoxy) is 1. The molecule has 0 aliphatic carbocycles. The molecule has 0 saturated carbocycles. The highest BCUT2D eigenvalue weighted by atomic mass is 32.2. The van der Waals surface area contributed by atoms with Gasteiger partial charge in [0.2, 0.25) is 10.0 Å². The Balaban J connectivity index is 1.71. The number of hydrogen-bond donors (Lipinski definition) is 1. The van der Waals surface area contributed by atoms with Crippen LogP contribution in [-0.2, 0) is 21.2 Å². The van der Waals surface area contributed by atoms with Crippen molar-refractivity contribution in [3.63, 3.8) is 0 Å². The Morgan fingerprint density at radius 1 is 1.17 bits per heavy atom. The normalized spacial score (nSPS) is 18.9.